The summed E-state index contributed by atoms with van der Waals surface area (Å²) >= 11 is 11.6. The van der Waals surface area contributed by atoms with Gasteiger partial charge in [-0.25, -0.2) is 0 Å². The first-order valence-corrected chi connectivity index (χ1v) is 6.67. The van der Waals surface area contributed by atoms with Gasteiger partial charge in [-0.3, -0.25) is 4.79 Å². The van der Waals surface area contributed by atoms with Crippen LogP contribution in [0.25, 0.3) is 0 Å². The highest BCUT2D eigenvalue weighted by atomic mass is 35.5. The van der Waals surface area contributed by atoms with Crippen LogP contribution in [0.3, 0.4) is 0 Å². The van der Waals surface area contributed by atoms with Crippen molar-refractivity contribution in [3.05, 3.63) is 69.2 Å². The fourth-order valence-electron chi connectivity index (χ4n) is 1.81. The molecule has 2 rings (SSSR count). The third kappa shape index (κ3) is 3.99. The summed E-state index contributed by atoms with van der Waals surface area (Å²) in [5.74, 6) is -0.417. The Bertz CT molecular complexity index is 681. The lowest BCUT2D eigenvalue weighted by molar-refractivity contribution is -0.137. The number of carbonyl (C=O) groups is 1. The van der Waals surface area contributed by atoms with E-state index in [4.69, 9.17) is 23.2 Å². The van der Waals surface area contributed by atoms with Crippen molar-refractivity contribution in [3.8, 4) is 0 Å². The summed E-state index contributed by atoms with van der Waals surface area (Å²) < 4.78 is 37.8. The summed E-state index contributed by atoms with van der Waals surface area (Å²) in [4.78, 5) is 12.0. The van der Waals surface area contributed by atoms with Crippen molar-refractivity contribution in [1.29, 1.82) is 0 Å². The summed E-state index contributed by atoms with van der Waals surface area (Å²) in [6.45, 7) is 0. The van der Waals surface area contributed by atoms with Crippen molar-refractivity contribution in [1.82, 2.24) is 0 Å². The van der Waals surface area contributed by atoms with Gasteiger partial charge in [0.25, 0.3) is 0 Å². The number of alkyl halides is 3. The molecule has 2 aromatic carbocycles. The Morgan fingerprint density at radius 1 is 1.00 bits per heavy atom. The Balaban J connectivity index is 2.22. The molecule has 0 fully saturated rings. The zero-order chi connectivity index (χ0) is 15.6. The minimum absolute atomic E-state index is 0.0101. The minimum Gasteiger partial charge on any atom is -0.294 e. The van der Waals surface area contributed by atoms with Crippen LogP contribution in [0.15, 0.2) is 42.5 Å². The molecule has 2 aromatic rings. The number of benzene rings is 2. The van der Waals surface area contributed by atoms with Crippen LogP contribution in [0.2, 0.25) is 10.0 Å². The predicted octanol–water partition coefficient (Wildman–Crippen LogP) is 5.44. The van der Waals surface area contributed by atoms with Gasteiger partial charge in [-0.15, -0.1) is 0 Å². The molecule has 110 valence electrons. The minimum atomic E-state index is -4.47. The van der Waals surface area contributed by atoms with Crippen LogP contribution in [0.4, 0.5) is 13.2 Å². The smallest absolute Gasteiger partial charge is 0.294 e. The maximum atomic E-state index is 12.6. The third-order valence-electron chi connectivity index (χ3n) is 2.86. The molecule has 0 radical (unpaired) electrons. The maximum Gasteiger partial charge on any atom is 0.416 e. The number of rotatable bonds is 3. The highest BCUT2D eigenvalue weighted by Crippen LogP contribution is 2.30. The quantitative estimate of drug-likeness (QED) is 0.684. The fraction of sp³-hybridized carbons (Fsp3) is 0.133. The molecule has 0 amide bonds. The van der Waals surface area contributed by atoms with E-state index >= 15 is 0 Å². The zero-order valence-corrected chi connectivity index (χ0v) is 12.1. The van der Waals surface area contributed by atoms with E-state index in [0.717, 1.165) is 12.1 Å². The first kappa shape index (κ1) is 15.9. The molecular weight excluding hydrogens is 324 g/mol. The number of halogens is 5. The number of ketones is 1. The molecule has 0 spiro atoms. The largest absolute Gasteiger partial charge is 0.416 e. The fourth-order valence-corrected chi connectivity index (χ4v) is 2.13. The average molecular weight is 333 g/mol. The Morgan fingerprint density at radius 3 is 2.33 bits per heavy atom. The average Bonchev–Trinajstić information content (AvgIpc) is 2.42. The summed E-state index contributed by atoms with van der Waals surface area (Å²) in [7, 11) is 0. The van der Waals surface area contributed by atoms with Crippen molar-refractivity contribution in [2.75, 3.05) is 0 Å². The molecule has 0 aliphatic rings. The predicted molar refractivity (Wildman–Crippen MR) is 75.9 cm³/mol. The van der Waals surface area contributed by atoms with Crippen LogP contribution in [0.1, 0.15) is 21.5 Å². The molecule has 0 aliphatic carbocycles. The highest BCUT2D eigenvalue weighted by molar-refractivity contribution is 6.42. The van der Waals surface area contributed by atoms with E-state index < -0.39 is 17.5 Å². The topological polar surface area (TPSA) is 17.1 Å². The maximum absolute atomic E-state index is 12.6. The van der Waals surface area contributed by atoms with Gasteiger partial charge in [0, 0.05) is 12.0 Å². The summed E-state index contributed by atoms with van der Waals surface area (Å²) in [6.07, 6.45) is -4.52. The highest BCUT2D eigenvalue weighted by Gasteiger charge is 2.30. The number of carbonyl (C=O) groups excluding carboxylic acids is 1. The first-order valence-electron chi connectivity index (χ1n) is 5.92. The molecule has 0 N–H and O–H groups in total. The van der Waals surface area contributed by atoms with E-state index in [9.17, 15) is 18.0 Å². The Morgan fingerprint density at radius 2 is 1.71 bits per heavy atom. The zero-order valence-electron chi connectivity index (χ0n) is 10.5. The van der Waals surface area contributed by atoms with E-state index in [2.05, 4.69) is 0 Å². The normalized spacial score (nSPS) is 11.5. The molecular formula is C15H9Cl2F3O. The van der Waals surface area contributed by atoms with Gasteiger partial charge in [-0.2, -0.15) is 13.2 Å². The second-order valence-corrected chi connectivity index (χ2v) is 5.24. The Labute approximate surface area is 129 Å². The van der Waals surface area contributed by atoms with Gasteiger partial charge in [0.2, 0.25) is 0 Å². The molecule has 0 aliphatic heterocycles. The van der Waals surface area contributed by atoms with E-state index in [1.807, 2.05) is 0 Å². The van der Waals surface area contributed by atoms with Gasteiger partial charge in [0.05, 0.1) is 15.6 Å². The van der Waals surface area contributed by atoms with Crippen molar-refractivity contribution in [2.45, 2.75) is 12.6 Å². The van der Waals surface area contributed by atoms with Gasteiger partial charge in [0.1, 0.15) is 0 Å². The van der Waals surface area contributed by atoms with Crippen LogP contribution in [0.5, 0.6) is 0 Å². The van der Waals surface area contributed by atoms with Crippen molar-refractivity contribution >= 4 is 29.0 Å². The van der Waals surface area contributed by atoms with Crippen LogP contribution < -0.4 is 0 Å². The lowest BCUT2D eigenvalue weighted by atomic mass is 10.0. The van der Waals surface area contributed by atoms with Crippen LogP contribution in [-0.4, -0.2) is 5.78 Å². The Hall–Kier alpha value is -1.52. The SMILES string of the molecule is O=C(Cc1ccc(Cl)c(Cl)c1)c1cccc(C(F)(F)F)c1. The van der Waals surface area contributed by atoms with E-state index in [1.54, 1.807) is 12.1 Å². The van der Waals surface area contributed by atoms with Crippen LogP contribution in [-0.2, 0) is 12.6 Å². The van der Waals surface area contributed by atoms with Gasteiger partial charge in [-0.1, -0.05) is 41.4 Å². The molecule has 6 heteroatoms. The molecule has 0 aromatic heterocycles. The monoisotopic (exact) mass is 332 g/mol. The van der Waals surface area contributed by atoms with Crippen LogP contribution in [0, 0.1) is 0 Å². The van der Waals surface area contributed by atoms with Crippen molar-refractivity contribution in [2.24, 2.45) is 0 Å². The third-order valence-corrected chi connectivity index (χ3v) is 3.60. The molecule has 0 unspecified atom stereocenters. The molecule has 21 heavy (non-hydrogen) atoms. The standard InChI is InChI=1S/C15H9Cl2F3O/c16-12-5-4-9(6-13(12)17)7-14(21)10-2-1-3-11(8-10)15(18,19)20/h1-6,8H,7H2. The molecule has 1 nitrogen and oxygen atoms in total. The van der Waals surface area contributed by atoms with E-state index in [-0.39, 0.29) is 12.0 Å². The number of hydrogen-bond donors (Lipinski definition) is 0. The lowest BCUT2D eigenvalue weighted by Gasteiger charge is -2.08. The van der Waals surface area contributed by atoms with Gasteiger partial charge in [-0.05, 0) is 29.8 Å². The molecule has 0 saturated heterocycles. The Kier molecular flexibility index (Phi) is 4.59. The lowest BCUT2D eigenvalue weighted by Crippen LogP contribution is -2.09. The molecule has 0 atom stereocenters. The van der Waals surface area contributed by atoms with E-state index in [1.165, 1.54) is 18.2 Å². The summed E-state index contributed by atoms with van der Waals surface area (Å²) in [6, 6.07) is 9.02. The number of hydrogen-bond acceptors (Lipinski definition) is 1. The molecule has 0 bridgehead atoms. The van der Waals surface area contributed by atoms with Gasteiger partial charge < -0.3 is 0 Å². The number of Topliss-reactive ketones (excluding diaryl/α,β-unsaturated/α-hetero) is 1. The second kappa shape index (κ2) is 6.08. The van der Waals surface area contributed by atoms with E-state index in [0.29, 0.717) is 15.6 Å². The second-order valence-electron chi connectivity index (χ2n) is 4.43. The van der Waals surface area contributed by atoms with Crippen molar-refractivity contribution in [3.63, 3.8) is 0 Å². The van der Waals surface area contributed by atoms with Gasteiger partial charge >= 0.3 is 6.18 Å². The van der Waals surface area contributed by atoms with Crippen LogP contribution >= 0.6 is 23.2 Å². The molecule has 0 saturated carbocycles. The summed E-state index contributed by atoms with van der Waals surface area (Å²) in [5, 5.41) is 0.651. The summed E-state index contributed by atoms with van der Waals surface area (Å²) in [5.41, 5.74) is -0.245. The van der Waals surface area contributed by atoms with Gasteiger partial charge in [0.15, 0.2) is 5.78 Å². The first-order chi connectivity index (χ1) is 9.77. The molecule has 0 heterocycles. The van der Waals surface area contributed by atoms with Crippen molar-refractivity contribution < 1.29 is 18.0 Å².